The summed E-state index contributed by atoms with van der Waals surface area (Å²) in [6.45, 7) is -0.646. The molecule has 0 aliphatic heterocycles. The molecule has 170 valence electrons. The van der Waals surface area contributed by atoms with Crippen molar-refractivity contribution in [3.05, 3.63) is 59.7 Å². The number of hydrogen-bond acceptors (Lipinski definition) is 6. The maximum absolute atomic E-state index is 12.5. The smallest absolute Gasteiger partial charge is 0.407 e. The Morgan fingerprint density at radius 2 is 1.59 bits per heavy atom. The summed E-state index contributed by atoms with van der Waals surface area (Å²) >= 11 is 1.49. The van der Waals surface area contributed by atoms with Gasteiger partial charge < -0.3 is 25.6 Å². The molecule has 1 aliphatic carbocycles. The van der Waals surface area contributed by atoms with Crippen molar-refractivity contribution < 1.29 is 29.3 Å². The molecule has 0 fully saturated rings. The minimum Gasteiger partial charge on any atom is -0.480 e. The predicted octanol–water partition coefficient (Wildman–Crippen LogP) is 2.21. The summed E-state index contributed by atoms with van der Waals surface area (Å²) < 4.78 is 5.48. The topological polar surface area (TPSA) is 125 Å². The van der Waals surface area contributed by atoms with Crippen LogP contribution < -0.4 is 10.6 Å². The van der Waals surface area contributed by atoms with Gasteiger partial charge in [-0.3, -0.25) is 4.79 Å². The highest BCUT2D eigenvalue weighted by Gasteiger charge is 2.30. The van der Waals surface area contributed by atoms with Gasteiger partial charge in [0.2, 0.25) is 5.91 Å². The first-order valence-electron chi connectivity index (χ1n) is 10.2. The van der Waals surface area contributed by atoms with Crippen LogP contribution in [0.1, 0.15) is 23.5 Å². The zero-order valence-electron chi connectivity index (χ0n) is 17.6. The first-order chi connectivity index (χ1) is 15.5. The Bertz CT molecular complexity index is 937. The van der Waals surface area contributed by atoms with Crippen molar-refractivity contribution in [3.8, 4) is 11.1 Å². The highest BCUT2D eigenvalue weighted by atomic mass is 32.2. The number of carboxylic acid groups (broad SMARTS) is 1. The fourth-order valence-corrected chi connectivity index (χ4v) is 4.22. The predicted molar refractivity (Wildman–Crippen MR) is 122 cm³/mol. The highest BCUT2D eigenvalue weighted by Crippen LogP contribution is 2.44. The van der Waals surface area contributed by atoms with Gasteiger partial charge in [-0.2, -0.15) is 11.8 Å². The normalized spacial score (nSPS) is 14.1. The van der Waals surface area contributed by atoms with E-state index in [9.17, 15) is 14.4 Å². The number of amides is 2. The first kappa shape index (κ1) is 23.6. The molecular weight excluding hydrogens is 432 g/mol. The average molecular weight is 459 g/mol. The van der Waals surface area contributed by atoms with Gasteiger partial charge in [0.15, 0.2) is 0 Å². The molecule has 2 amide bonds. The molecule has 0 bridgehead atoms. The van der Waals surface area contributed by atoms with Gasteiger partial charge in [-0.05, 0) is 40.7 Å². The summed E-state index contributed by atoms with van der Waals surface area (Å²) in [5, 5.41) is 22.9. The molecule has 8 nitrogen and oxygen atoms in total. The van der Waals surface area contributed by atoms with Gasteiger partial charge in [-0.1, -0.05) is 48.5 Å². The second kappa shape index (κ2) is 11.0. The average Bonchev–Trinajstić information content (AvgIpc) is 3.12. The molecule has 0 radical (unpaired) electrons. The largest absolute Gasteiger partial charge is 0.480 e. The third-order valence-electron chi connectivity index (χ3n) is 5.36. The van der Waals surface area contributed by atoms with Crippen LogP contribution in [-0.4, -0.2) is 65.5 Å². The number of aliphatic carboxylic acids is 1. The van der Waals surface area contributed by atoms with Gasteiger partial charge >= 0.3 is 12.1 Å². The second-order valence-corrected chi connectivity index (χ2v) is 8.37. The summed E-state index contributed by atoms with van der Waals surface area (Å²) in [6, 6.07) is 13.5. The lowest BCUT2D eigenvalue weighted by molar-refractivity contribution is -0.143. The molecule has 3 rings (SSSR count). The van der Waals surface area contributed by atoms with Crippen molar-refractivity contribution >= 4 is 29.7 Å². The third kappa shape index (κ3) is 5.41. The van der Waals surface area contributed by atoms with Crippen molar-refractivity contribution in [1.29, 1.82) is 0 Å². The van der Waals surface area contributed by atoms with Crippen LogP contribution in [0.4, 0.5) is 4.79 Å². The summed E-state index contributed by atoms with van der Waals surface area (Å²) in [4.78, 5) is 36.1. The quantitative estimate of drug-likeness (QED) is 0.430. The Labute approximate surface area is 190 Å². The minimum atomic E-state index is -1.44. The number of nitrogens with one attached hydrogen (secondary N) is 2. The molecule has 2 aromatic rings. The van der Waals surface area contributed by atoms with E-state index in [0.717, 1.165) is 22.3 Å². The Hall–Kier alpha value is -3.04. The molecule has 2 aromatic carbocycles. The second-order valence-electron chi connectivity index (χ2n) is 7.39. The molecule has 32 heavy (non-hydrogen) atoms. The van der Waals surface area contributed by atoms with Crippen molar-refractivity contribution in [3.63, 3.8) is 0 Å². The first-order valence-corrected chi connectivity index (χ1v) is 11.6. The maximum Gasteiger partial charge on any atom is 0.407 e. The fraction of sp³-hybridized carbons (Fsp3) is 0.348. The van der Waals surface area contributed by atoms with E-state index in [1.54, 1.807) is 0 Å². The van der Waals surface area contributed by atoms with Crippen molar-refractivity contribution in [2.24, 2.45) is 0 Å². The number of alkyl carbamates (subject to hydrolysis) is 1. The van der Waals surface area contributed by atoms with Gasteiger partial charge in [0, 0.05) is 5.92 Å². The van der Waals surface area contributed by atoms with Crippen molar-refractivity contribution in [1.82, 2.24) is 10.6 Å². The molecule has 9 heteroatoms. The number of rotatable bonds is 10. The number of hydrogen-bond donors (Lipinski definition) is 4. The molecule has 2 atom stereocenters. The number of aliphatic hydroxyl groups is 1. The Kier molecular flexibility index (Phi) is 8.13. The molecule has 0 saturated heterocycles. The van der Waals surface area contributed by atoms with Gasteiger partial charge in [-0.25, -0.2) is 9.59 Å². The lowest BCUT2D eigenvalue weighted by Crippen LogP contribution is -2.53. The van der Waals surface area contributed by atoms with E-state index in [-0.39, 0.29) is 18.9 Å². The number of carboxylic acids is 1. The number of carbonyl (C=O) groups is 3. The third-order valence-corrected chi connectivity index (χ3v) is 6.00. The van der Waals surface area contributed by atoms with E-state index in [0.29, 0.717) is 5.75 Å². The molecule has 2 unspecified atom stereocenters. The van der Waals surface area contributed by atoms with Crippen LogP contribution in [0.3, 0.4) is 0 Å². The van der Waals surface area contributed by atoms with E-state index in [4.69, 9.17) is 14.9 Å². The van der Waals surface area contributed by atoms with Crippen LogP contribution in [0.15, 0.2) is 48.5 Å². The molecular formula is C23H26N2O6S. The number of fused-ring (bicyclic) bond motifs is 3. The van der Waals surface area contributed by atoms with Gasteiger partial charge in [-0.15, -0.1) is 0 Å². The number of aliphatic hydroxyl groups excluding tert-OH is 1. The van der Waals surface area contributed by atoms with Crippen LogP contribution in [-0.2, 0) is 14.3 Å². The van der Waals surface area contributed by atoms with Crippen LogP contribution in [0.2, 0.25) is 0 Å². The van der Waals surface area contributed by atoms with E-state index in [1.807, 2.05) is 54.8 Å². The molecule has 1 aliphatic rings. The van der Waals surface area contributed by atoms with Crippen molar-refractivity contribution in [2.45, 2.75) is 24.4 Å². The number of carbonyl (C=O) groups excluding carboxylic acids is 2. The summed E-state index contributed by atoms with van der Waals surface area (Å²) in [5.74, 6) is -1.59. The Balaban J connectivity index is 1.65. The number of benzene rings is 2. The van der Waals surface area contributed by atoms with Gasteiger partial charge in [0.25, 0.3) is 0 Å². The standard InChI is InChI=1S/C23H26N2O6S/c1-32-11-10-19(21(27)24-20(12-26)22(28)29)25-23(30)31-13-18-16-8-4-2-6-14(16)15-7-3-5-9-17(15)18/h2-9,18-20,26H,10-13H2,1H3,(H,24,27)(H,25,30)(H,28,29). The minimum absolute atomic E-state index is 0.102. The SMILES string of the molecule is CSCCC(NC(=O)OCC1c2ccccc2-c2ccccc21)C(=O)NC(CO)C(=O)O. The monoisotopic (exact) mass is 458 g/mol. The van der Waals surface area contributed by atoms with Crippen LogP contribution in [0.5, 0.6) is 0 Å². The van der Waals surface area contributed by atoms with Crippen LogP contribution >= 0.6 is 11.8 Å². The Morgan fingerprint density at radius 3 is 2.12 bits per heavy atom. The number of thioether (sulfide) groups is 1. The zero-order valence-corrected chi connectivity index (χ0v) is 18.4. The van der Waals surface area contributed by atoms with Gasteiger partial charge in [0.1, 0.15) is 18.7 Å². The fourth-order valence-electron chi connectivity index (χ4n) is 3.74. The highest BCUT2D eigenvalue weighted by molar-refractivity contribution is 7.98. The van der Waals surface area contributed by atoms with Crippen molar-refractivity contribution in [2.75, 3.05) is 25.2 Å². The maximum atomic E-state index is 12.5. The van der Waals surface area contributed by atoms with E-state index < -0.39 is 36.7 Å². The lowest BCUT2D eigenvalue weighted by atomic mass is 9.98. The molecule has 0 heterocycles. The summed E-state index contributed by atoms with van der Waals surface area (Å²) in [5.41, 5.74) is 4.37. The van der Waals surface area contributed by atoms with E-state index in [2.05, 4.69) is 10.6 Å². The Morgan fingerprint density at radius 1 is 1.00 bits per heavy atom. The lowest BCUT2D eigenvalue weighted by Gasteiger charge is -2.21. The zero-order chi connectivity index (χ0) is 23.1. The molecule has 0 spiro atoms. The van der Waals surface area contributed by atoms with E-state index in [1.165, 1.54) is 11.8 Å². The summed E-state index contributed by atoms with van der Waals surface area (Å²) in [7, 11) is 0. The molecule has 4 N–H and O–H groups in total. The van der Waals surface area contributed by atoms with E-state index >= 15 is 0 Å². The van der Waals surface area contributed by atoms with Gasteiger partial charge in [0.05, 0.1) is 6.61 Å². The van der Waals surface area contributed by atoms with Crippen LogP contribution in [0, 0.1) is 0 Å². The summed E-state index contributed by atoms with van der Waals surface area (Å²) in [6.07, 6.45) is 1.38. The molecule has 0 saturated carbocycles. The van der Waals surface area contributed by atoms with Crippen LogP contribution in [0.25, 0.3) is 11.1 Å². The molecule has 0 aromatic heterocycles. The number of ether oxygens (including phenoxy) is 1.